The second kappa shape index (κ2) is 9.00. The molecule has 3 nitrogen and oxygen atoms in total. The van der Waals surface area contributed by atoms with E-state index in [9.17, 15) is 4.79 Å². The minimum Gasteiger partial charge on any atom is -0.481 e. The molecular weight excluding hydrogens is 178 g/mol. The van der Waals surface area contributed by atoms with Crippen LogP contribution in [0.15, 0.2) is 0 Å². The minimum absolute atomic E-state index is 0.222. The largest absolute Gasteiger partial charge is 0.481 e. The van der Waals surface area contributed by atoms with Crippen molar-refractivity contribution in [1.29, 1.82) is 0 Å². The summed E-state index contributed by atoms with van der Waals surface area (Å²) in [6, 6.07) is 0. The summed E-state index contributed by atoms with van der Waals surface area (Å²) >= 11 is 0. The summed E-state index contributed by atoms with van der Waals surface area (Å²) in [4.78, 5) is 9.37. The molecule has 0 unspecified atom stereocenters. The van der Waals surface area contributed by atoms with Crippen LogP contribution in [0, 0.1) is 0 Å². The first-order valence-corrected chi connectivity index (χ1v) is 5.58. The minimum atomic E-state index is -0.745. The lowest BCUT2D eigenvalue weighted by atomic mass is 10.3. The monoisotopic (exact) mass is 204 g/mol. The number of carbonyl (C=O) groups is 1. The molecule has 0 atom stereocenters. The molecule has 3 heteroatoms. The molecule has 0 aliphatic carbocycles. The van der Waals surface area contributed by atoms with Crippen LogP contribution >= 0.6 is 0 Å². The number of hydrogen-bond donors (Lipinski definition) is 1. The number of aliphatic carboxylic acids is 1. The van der Waals surface area contributed by atoms with Gasteiger partial charge >= 0.3 is 5.97 Å². The smallest absolute Gasteiger partial charge is 0.303 e. The lowest BCUT2D eigenvalue weighted by Gasteiger charge is -2.34. The van der Waals surface area contributed by atoms with Crippen molar-refractivity contribution in [2.75, 3.05) is 26.2 Å². The molecule has 0 saturated carbocycles. The van der Waals surface area contributed by atoms with Crippen LogP contribution in [0.3, 0.4) is 0 Å². The summed E-state index contributed by atoms with van der Waals surface area (Å²) in [5.41, 5.74) is 0. The SMILES string of the molecule is CCC(=O)O.CC[N+](CC)(CC)CC. The number of carboxylic acid groups (broad SMARTS) is 1. The van der Waals surface area contributed by atoms with E-state index >= 15 is 0 Å². The molecule has 14 heavy (non-hydrogen) atoms. The molecule has 0 heterocycles. The number of carboxylic acids is 1. The van der Waals surface area contributed by atoms with Crippen LogP contribution in [0.1, 0.15) is 41.0 Å². The highest BCUT2D eigenvalue weighted by molar-refractivity contribution is 5.66. The molecule has 0 aromatic rings. The number of nitrogens with zero attached hydrogens (tertiary/aromatic N) is 1. The van der Waals surface area contributed by atoms with E-state index in [1.807, 2.05) is 0 Å². The first-order valence-electron chi connectivity index (χ1n) is 5.58. The summed E-state index contributed by atoms with van der Waals surface area (Å²) in [6.45, 7) is 15.8. The topological polar surface area (TPSA) is 37.3 Å². The first kappa shape index (κ1) is 15.9. The molecular formula is C11H26NO2+. The fourth-order valence-corrected chi connectivity index (χ4v) is 1.34. The Morgan fingerprint density at radius 3 is 1.14 bits per heavy atom. The van der Waals surface area contributed by atoms with Gasteiger partial charge in [0.1, 0.15) is 0 Å². The van der Waals surface area contributed by atoms with Gasteiger partial charge in [0.2, 0.25) is 0 Å². The fourth-order valence-electron chi connectivity index (χ4n) is 1.34. The molecule has 1 N–H and O–H groups in total. The normalized spacial score (nSPS) is 10.4. The van der Waals surface area contributed by atoms with Gasteiger partial charge in [-0.05, 0) is 27.7 Å². The third-order valence-electron chi connectivity index (χ3n) is 2.99. The quantitative estimate of drug-likeness (QED) is 0.698. The van der Waals surface area contributed by atoms with Crippen molar-refractivity contribution in [3.8, 4) is 0 Å². The van der Waals surface area contributed by atoms with Crippen molar-refractivity contribution in [1.82, 2.24) is 0 Å². The molecule has 0 aliphatic rings. The van der Waals surface area contributed by atoms with Gasteiger partial charge in [-0.3, -0.25) is 4.79 Å². The van der Waals surface area contributed by atoms with Gasteiger partial charge in [0.25, 0.3) is 0 Å². The van der Waals surface area contributed by atoms with Crippen molar-refractivity contribution in [3.63, 3.8) is 0 Å². The molecule has 86 valence electrons. The number of quaternary nitrogens is 1. The highest BCUT2D eigenvalue weighted by Gasteiger charge is 2.16. The van der Waals surface area contributed by atoms with Crippen molar-refractivity contribution < 1.29 is 14.4 Å². The Balaban J connectivity index is 0. The number of hydrogen-bond acceptors (Lipinski definition) is 1. The Hall–Kier alpha value is -0.570. The summed E-state index contributed by atoms with van der Waals surface area (Å²) in [6.07, 6.45) is 0.222. The third-order valence-corrected chi connectivity index (χ3v) is 2.99. The van der Waals surface area contributed by atoms with Gasteiger partial charge in [0.05, 0.1) is 26.2 Å². The van der Waals surface area contributed by atoms with E-state index in [1.165, 1.54) is 30.7 Å². The Morgan fingerprint density at radius 1 is 0.929 bits per heavy atom. The van der Waals surface area contributed by atoms with Crippen LogP contribution in [-0.2, 0) is 4.79 Å². The maximum absolute atomic E-state index is 9.37. The molecule has 0 rings (SSSR count). The van der Waals surface area contributed by atoms with E-state index in [2.05, 4.69) is 27.7 Å². The number of rotatable bonds is 5. The summed E-state index contributed by atoms with van der Waals surface area (Å²) in [5, 5.41) is 7.72. The summed E-state index contributed by atoms with van der Waals surface area (Å²) < 4.78 is 1.28. The van der Waals surface area contributed by atoms with Gasteiger partial charge in [0.15, 0.2) is 0 Å². The van der Waals surface area contributed by atoms with Gasteiger partial charge in [-0.15, -0.1) is 0 Å². The van der Waals surface area contributed by atoms with E-state index in [1.54, 1.807) is 6.92 Å². The Kier molecular flexibility index (Phi) is 10.2. The predicted octanol–water partition coefficient (Wildman–Crippen LogP) is 2.36. The molecule has 0 amide bonds. The third kappa shape index (κ3) is 6.89. The standard InChI is InChI=1S/C8H20N.C3H6O2/c1-5-9(6-2,7-3)8-4;1-2-3(4)5/h5-8H2,1-4H3;2H2,1H3,(H,4,5)/q+1;. The van der Waals surface area contributed by atoms with Crippen molar-refractivity contribution in [2.24, 2.45) is 0 Å². The lowest BCUT2D eigenvalue weighted by molar-refractivity contribution is -0.921. The molecule has 0 radical (unpaired) electrons. The van der Waals surface area contributed by atoms with Crippen LogP contribution in [0.4, 0.5) is 0 Å². The van der Waals surface area contributed by atoms with Gasteiger partial charge in [0, 0.05) is 6.42 Å². The molecule has 0 spiro atoms. The summed E-state index contributed by atoms with van der Waals surface area (Å²) in [7, 11) is 0. The maximum Gasteiger partial charge on any atom is 0.303 e. The Morgan fingerprint density at radius 2 is 1.14 bits per heavy atom. The maximum atomic E-state index is 9.37. The highest BCUT2D eigenvalue weighted by atomic mass is 16.4. The van der Waals surface area contributed by atoms with Gasteiger partial charge < -0.3 is 9.59 Å². The van der Waals surface area contributed by atoms with E-state index in [0.717, 1.165) is 0 Å². The molecule has 0 aromatic heterocycles. The van der Waals surface area contributed by atoms with Crippen molar-refractivity contribution >= 4 is 5.97 Å². The molecule has 0 bridgehead atoms. The van der Waals surface area contributed by atoms with E-state index in [4.69, 9.17) is 5.11 Å². The van der Waals surface area contributed by atoms with Gasteiger partial charge in [-0.1, -0.05) is 6.92 Å². The van der Waals surface area contributed by atoms with Crippen LogP contribution in [0.2, 0.25) is 0 Å². The van der Waals surface area contributed by atoms with Gasteiger partial charge in [-0.2, -0.15) is 0 Å². The summed E-state index contributed by atoms with van der Waals surface area (Å²) in [5.74, 6) is -0.745. The molecule has 0 aromatic carbocycles. The average molecular weight is 204 g/mol. The van der Waals surface area contributed by atoms with E-state index in [-0.39, 0.29) is 6.42 Å². The van der Waals surface area contributed by atoms with Crippen LogP contribution in [0.5, 0.6) is 0 Å². The second-order valence-electron chi connectivity index (χ2n) is 3.35. The first-order chi connectivity index (χ1) is 6.51. The van der Waals surface area contributed by atoms with E-state index in [0.29, 0.717) is 0 Å². The zero-order valence-electron chi connectivity index (χ0n) is 10.3. The fraction of sp³-hybridized carbons (Fsp3) is 0.909. The zero-order valence-corrected chi connectivity index (χ0v) is 10.3. The lowest BCUT2D eigenvalue weighted by Crippen LogP contribution is -2.47. The van der Waals surface area contributed by atoms with Crippen LogP contribution < -0.4 is 0 Å². The molecule has 0 aliphatic heterocycles. The van der Waals surface area contributed by atoms with Crippen LogP contribution in [0.25, 0.3) is 0 Å². The highest BCUT2D eigenvalue weighted by Crippen LogP contribution is 2.03. The Bertz CT molecular complexity index is 125. The second-order valence-corrected chi connectivity index (χ2v) is 3.35. The average Bonchev–Trinajstić information content (AvgIpc) is 2.23. The van der Waals surface area contributed by atoms with Crippen molar-refractivity contribution in [3.05, 3.63) is 0 Å². The molecule has 0 fully saturated rings. The predicted molar refractivity (Wildman–Crippen MR) is 60.4 cm³/mol. The van der Waals surface area contributed by atoms with E-state index < -0.39 is 5.97 Å². The molecule has 0 saturated heterocycles. The zero-order chi connectivity index (χ0) is 11.6. The van der Waals surface area contributed by atoms with Crippen LogP contribution in [-0.4, -0.2) is 41.7 Å². The Labute approximate surface area is 88.3 Å². The van der Waals surface area contributed by atoms with Crippen molar-refractivity contribution in [2.45, 2.75) is 41.0 Å². The van der Waals surface area contributed by atoms with Gasteiger partial charge in [-0.25, -0.2) is 0 Å².